The number of nitrogen functional groups attached to an aromatic ring is 1. The van der Waals surface area contributed by atoms with Crippen LogP contribution in [0.3, 0.4) is 0 Å². The Kier molecular flexibility index (Phi) is 6.98. The van der Waals surface area contributed by atoms with Gasteiger partial charge in [0.2, 0.25) is 0 Å². The number of anilines is 1. The van der Waals surface area contributed by atoms with Gasteiger partial charge < -0.3 is 25.4 Å². The zero-order chi connectivity index (χ0) is 24.1. The lowest BCUT2D eigenvalue weighted by molar-refractivity contribution is 0.0291. The van der Waals surface area contributed by atoms with Crippen LogP contribution in [0, 0.1) is 0 Å². The molecule has 1 atom stereocenters. The third-order valence-corrected chi connectivity index (χ3v) is 5.48. The zero-order valence-electron chi connectivity index (χ0n) is 19.8. The Balaban J connectivity index is 1.41. The third kappa shape index (κ3) is 6.02. The Hall–Kier alpha value is -3.65. The normalized spacial score (nSPS) is 15.9. The van der Waals surface area contributed by atoms with Gasteiger partial charge in [-0.15, -0.1) is 0 Å². The van der Waals surface area contributed by atoms with Crippen LogP contribution in [-0.4, -0.2) is 45.7 Å². The van der Waals surface area contributed by atoms with E-state index < -0.39 is 5.60 Å². The van der Waals surface area contributed by atoms with Gasteiger partial charge in [0.25, 0.3) is 0 Å². The molecule has 3 N–H and O–H groups in total. The second-order valence-electron chi connectivity index (χ2n) is 9.31. The van der Waals surface area contributed by atoms with E-state index in [4.69, 9.17) is 15.2 Å². The third-order valence-electron chi connectivity index (χ3n) is 5.48. The smallest absolute Gasteiger partial charge is 0.410 e. The van der Waals surface area contributed by atoms with Crippen LogP contribution >= 0.6 is 0 Å². The molecule has 1 fully saturated rings. The second-order valence-corrected chi connectivity index (χ2v) is 9.31. The SMILES string of the molecule is CC(C)(C)OC(=O)N1CC[C@@H](NCc2ncnc(N)c2-c2ccc(Oc3ccccc3)cc2)C1. The minimum atomic E-state index is -0.502. The number of ether oxygens (including phenoxy) is 2. The van der Waals surface area contributed by atoms with Gasteiger partial charge in [-0.25, -0.2) is 14.8 Å². The lowest BCUT2D eigenvalue weighted by Gasteiger charge is -2.24. The van der Waals surface area contributed by atoms with Crippen LogP contribution in [0.25, 0.3) is 11.1 Å². The summed E-state index contributed by atoms with van der Waals surface area (Å²) in [5.41, 5.74) is 8.25. The molecule has 0 saturated carbocycles. The predicted molar refractivity (Wildman–Crippen MR) is 131 cm³/mol. The predicted octanol–water partition coefficient (Wildman–Crippen LogP) is 4.62. The Morgan fingerprint density at radius 2 is 1.79 bits per heavy atom. The number of likely N-dealkylation sites (tertiary alicyclic amines) is 1. The highest BCUT2D eigenvalue weighted by atomic mass is 16.6. The summed E-state index contributed by atoms with van der Waals surface area (Å²) in [5.74, 6) is 1.93. The van der Waals surface area contributed by atoms with E-state index in [9.17, 15) is 4.79 Å². The minimum absolute atomic E-state index is 0.151. The molecule has 178 valence electrons. The summed E-state index contributed by atoms with van der Waals surface area (Å²) in [6.07, 6.45) is 2.05. The molecule has 1 saturated heterocycles. The highest BCUT2D eigenvalue weighted by molar-refractivity contribution is 5.76. The van der Waals surface area contributed by atoms with E-state index in [1.807, 2.05) is 75.4 Å². The van der Waals surface area contributed by atoms with Gasteiger partial charge in [-0.05, 0) is 57.0 Å². The largest absolute Gasteiger partial charge is 0.457 e. The van der Waals surface area contributed by atoms with Gasteiger partial charge >= 0.3 is 6.09 Å². The molecule has 0 bridgehead atoms. The number of nitrogens with two attached hydrogens (primary N) is 1. The van der Waals surface area contributed by atoms with Crippen LogP contribution in [0.5, 0.6) is 11.5 Å². The second kappa shape index (κ2) is 10.1. The fourth-order valence-electron chi connectivity index (χ4n) is 3.86. The molecule has 2 aromatic carbocycles. The Morgan fingerprint density at radius 1 is 1.09 bits per heavy atom. The van der Waals surface area contributed by atoms with E-state index in [0.717, 1.165) is 34.7 Å². The van der Waals surface area contributed by atoms with Gasteiger partial charge in [0.05, 0.1) is 5.69 Å². The van der Waals surface area contributed by atoms with Crippen molar-refractivity contribution in [3.05, 3.63) is 66.6 Å². The lowest BCUT2D eigenvalue weighted by atomic mass is 10.0. The monoisotopic (exact) mass is 461 g/mol. The molecule has 1 aromatic heterocycles. The van der Waals surface area contributed by atoms with Crippen LogP contribution in [0.2, 0.25) is 0 Å². The molecular weight excluding hydrogens is 430 g/mol. The van der Waals surface area contributed by atoms with E-state index in [1.165, 1.54) is 6.33 Å². The topological polar surface area (TPSA) is 103 Å². The molecule has 0 radical (unpaired) electrons. The van der Waals surface area contributed by atoms with Crippen molar-refractivity contribution in [2.45, 2.75) is 45.4 Å². The first-order chi connectivity index (χ1) is 16.3. The number of hydrogen-bond acceptors (Lipinski definition) is 7. The number of rotatable bonds is 6. The molecule has 1 aliphatic rings. The van der Waals surface area contributed by atoms with Crippen molar-refractivity contribution in [2.24, 2.45) is 0 Å². The Bertz CT molecular complexity index is 1110. The summed E-state index contributed by atoms with van der Waals surface area (Å²) in [6.45, 7) is 7.38. The van der Waals surface area contributed by atoms with Gasteiger partial charge in [0.1, 0.15) is 29.2 Å². The minimum Gasteiger partial charge on any atom is -0.457 e. The first kappa shape index (κ1) is 23.5. The summed E-state index contributed by atoms with van der Waals surface area (Å²) >= 11 is 0. The summed E-state index contributed by atoms with van der Waals surface area (Å²) < 4.78 is 11.4. The van der Waals surface area contributed by atoms with Crippen LogP contribution in [0.1, 0.15) is 32.9 Å². The Labute approximate surface area is 200 Å². The summed E-state index contributed by atoms with van der Waals surface area (Å²) in [6, 6.07) is 17.5. The van der Waals surface area contributed by atoms with Crippen molar-refractivity contribution >= 4 is 11.9 Å². The molecule has 0 aliphatic carbocycles. The van der Waals surface area contributed by atoms with Crippen molar-refractivity contribution in [3.8, 4) is 22.6 Å². The van der Waals surface area contributed by atoms with E-state index in [-0.39, 0.29) is 12.1 Å². The summed E-state index contributed by atoms with van der Waals surface area (Å²) in [4.78, 5) is 22.7. The standard InChI is InChI=1S/C26H31N5O3/c1-26(2,3)34-25(32)31-14-13-19(16-31)28-15-22-23(24(27)30-17-29-22)18-9-11-21(12-10-18)33-20-7-5-4-6-8-20/h4-12,17,19,28H,13-16H2,1-3H3,(H2,27,29,30)/t19-/m1/s1. The van der Waals surface area contributed by atoms with Crippen LogP contribution < -0.4 is 15.8 Å². The average molecular weight is 462 g/mol. The molecule has 8 heteroatoms. The van der Waals surface area contributed by atoms with Crippen LogP contribution in [0.4, 0.5) is 10.6 Å². The maximum atomic E-state index is 12.3. The number of carbonyl (C=O) groups excluding carboxylic acids is 1. The molecule has 0 spiro atoms. The number of para-hydroxylation sites is 1. The number of nitrogens with one attached hydrogen (secondary N) is 1. The molecule has 34 heavy (non-hydrogen) atoms. The number of benzene rings is 2. The van der Waals surface area contributed by atoms with Crippen LogP contribution in [0.15, 0.2) is 60.9 Å². The van der Waals surface area contributed by atoms with Crippen LogP contribution in [-0.2, 0) is 11.3 Å². The number of aromatic nitrogens is 2. The van der Waals surface area contributed by atoms with Crippen molar-refractivity contribution < 1.29 is 14.3 Å². The van der Waals surface area contributed by atoms with Crippen molar-refractivity contribution in [2.75, 3.05) is 18.8 Å². The number of carbonyl (C=O) groups is 1. The van der Waals surface area contributed by atoms with Gasteiger partial charge in [-0.2, -0.15) is 0 Å². The zero-order valence-corrected chi connectivity index (χ0v) is 19.8. The molecule has 2 heterocycles. The highest BCUT2D eigenvalue weighted by Crippen LogP contribution is 2.30. The molecule has 8 nitrogen and oxygen atoms in total. The maximum Gasteiger partial charge on any atom is 0.410 e. The molecule has 1 aliphatic heterocycles. The fourth-order valence-corrected chi connectivity index (χ4v) is 3.86. The lowest BCUT2D eigenvalue weighted by Crippen LogP contribution is -2.38. The molecule has 3 aromatic rings. The van der Waals surface area contributed by atoms with Gasteiger partial charge in [-0.3, -0.25) is 0 Å². The van der Waals surface area contributed by atoms with E-state index in [0.29, 0.717) is 25.5 Å². The van der Waals surface area contributed by atoms with Crippen molar-refractivity contribution in [1.82, 2.24) is 20.2 Å². The fraction of sp³-hybridized carbons (Fsp3) is 0.346. The average Bonchev–Trinajstić information content (AvgIpc) is 3.28. The maximum absolute atomic E-state index is 12.3. The molecule has 1 amide bonds. The van der Waals surface area contributed by atoms with E-state index >= 15 is 0 Å². The van der Waals surface area contributed by atoms with Gasteiger partial charge in [0, 0.05) is 31.2 Å². The summed E-state index contributed by atoms with van der Waals surface area (Å²) in [7, 11) is 0. The van der Waals surface area contributed by atoms with E-state index in [2.05, 4.69) is 15.3 Å². The quantitative estimate of drug-likeness (QED) is 0.552. The first-order valence-corrected chi connectivity index (χ1v) is 11.4. The summed E-state index contributed by atoms with van der Waals surface area (Å²) in [5, 5.41) is 3.51. The number of amides is 1. The van der Waals surface area contributed by atoms with Crippen molar-refractivity contribution in [1.29, 1.82) is 0 Å². The van der Waals surface area contributed by atoms with E-state index in [1.54, 1.807) is 4.90 Å². The first-order valence-electron chi connectivity index (χ1n) is 11.4. The molecular formula is C26H31N5O3. The highest BCUT2D eigenvalue weighted by Gasteiger charge is 2.29. The number of nitrogens with zero attached hydrogens (tertiary/aromatic N) is 3. The van der Waals surface area contributed by atoms with Gasteiger partial charge in [0.15, 0.2) is 0 Å². The molecule has 4 rings (SSSR count). The Morgan fingerprint density at radius 3 is 2.50 bits per heavy atom. The molecule has 0 unspecified atom stereocenters. The number of hydrogen-bond donors (Lipinski definition) is 2. The van der Waals surface area contributed by atoms with Crippen molar-refractivity contribution in [3.63, 3.8) is 0 Å². The van der Waals surface area contributed by atoms with Gasteiger partial charge in [-0.1, -0.05) is 30.3 Å².